The fourth-order valence-electron chi connectivity index (χ4n) is 1.08. The Labute approximate surface area is 80.6 Å². The number of nitrogens with zero attached hydrogens (tertiary/aromatic N) is 1. The third kappa shape index (κ3) is 2.18. The Morgan fingerprint density at radius 1 is 1.62 bits per heavy atom. The monoisotopic (exact) mass is 202 g/mol. The van der Waals surface area contributed by atoms with Crippen LogP contribution in [-0.4, -0.2) is 22.3 Å². The Morgan fingerprint density at radius 3 is 2.62 bits per heavy atom. The van der Waals surface area contributed by atoms with Crippen molar-refractivity contribution in [3.8, 4) is 0 Å². The van der Waals surface area contributed by atoms with Gasteiger partial charge in [-0.05, 0) is 13.8 Å². The lowest BCUT2D eigenvalue weighted by atomic mass is 10.3. The number of aryl methyl sites for hydroxylation is 1. The number of aromatic nitrogens is 1. The molecule has 0 amide bonds. The normalized spacial score (nSPS) is 13.2. The first-order valence-electron chi connectivity index (χ1n) is 4.11. The van der Waals surface area contributed by atoms with E-state index in [4.69, 9.17) is 5.73 Å². The highest BCUT2D eigenvalue weighted by atomic mass is 32.1. The molecular weight excluding hydrogens is 188 g/mol. The predicted octanol–water partition coefficient (Wildman–Crippen LogP) is -0.154. The lowest BCUT2D eigenvalue weighted by Gasteiger charge is -2.09. The van der Waals surface area contributed by atoms with Crippen LogP contribution in [0.4, 0.5) is 0 Å². The maximum absolute atomic E-state index is 11.3. The second-order valence-corrected chi connectivity index (χ2v) is 4.18. The molecule has 0 radical (unpaired) electrons. The summed E-state index contributed by atoms with van der Waals surface area (Å²) < 4.78 is 1.57. The number of thiazole rings is 1. The molecule has 0 aliphatic carbocycles. The Morgan fingerprint density at radius 2 is 2.23 bits per heavy atom. The van der Waals surface area contributed by atoms with Crippen LogP contribution in [0.25, 0.3) is 0 Å². The molecule has 5 heteroatoms. The van der Waals surface area contributed by atoms with Crippen LogP contribution in [0.2, 0.25) is 0 Å². The molecule has 0 unspecified atom stereocenters. The van der Waals surface area contributed by atoms with Gasteiger partial charge in [0.1, 0.15) is 0 Å². The summed E-state index contributed by atoms with van der Waals surface area (Å²) >= 11 is 1.20. The molecule has 1 rings (SSSR count). The van der Waals surface area contributed by atoms with Gasteiger partial charge in [0.05, 0.1) is 12.6 Å². The van der Waals surface area contributed by atoms with E-state index in [1.54, 1.807) is 4.57 Å². The summed E-state index contributed by atoms with van der Waals surface area (Å²) in [6.45, 7) is 4.25. The molecular formula is C8H14N2O2S. The summed E-state index contributed by atoms with van der Waals surface area (Å²) in [5.41, 5.74) is 6.18. The highest BCUT2D eigenvalue weighted by molar-refractivity contribution is 7.09. The van der Waals surface area contributed by atoms with Gasteiger partial charge in [-0.2, -0.15) is 0 Å². The Hall–Kier alpha value is -0.650. The fourth-order valence-corrected chi connectivity index (χ4v) is 1.93. The minimum absolute atomic E-state index is 0.0255. The Balaban J connectivity index is 2.94. The zero-order valence-corrected chi connectivity index (χ0v) is 8.60. The summed E-state index contributed by atoms with van der Waals surface area (Å²) in [7, 11) is 0. The minimum Gasteiger partial charge on any atom is -0.390 e. The van der Waals surface area contributed by atoms with Crippen molar-refractivity contribution in [1.82, 2.24) is 4.57 Å². The van der Waals surface area contributed by atoms with Crippen LogP contribution in [0.15, 0.2) is 4.79 Å². The lowest BCUT2D eigenvalue weighted by molar-refractivity contribution is 0.160. The van der Waals surface area contributed by atoms with Crippen LogP contribution in [0.1, 0.15) is 10.6 Å². The van der Waals surface area contributed by atoms with Gasteiger partial charge in [0.15, 0.2) is 0 Å². The first kappa shape index (κ1) is 10.4. The maximum atomic E-state index is 11.3. The van der Waals surface area contributed by atoms with E-state index >= 15 is 0 Å². The second-order valence-electron chi connectivity index (χ2n) is 3.01. The van der Waals surface area contributed by atoms with E-state index in [1.165, 1.54) is 11.3 Å². The first-order chi connectivity index (χ1) is 6.06. The van der Waals surface area contributed by atoms with E-state index in [-0.39, 0.29) is 11.4 Å². The molecule has 0 aliphatic heterocycles. The molecule has 0 aromatic carbocycles. The van der Waals surface area contributed by atoms with Gasteiger partial charge in [0.2, 0.25) is 0 Å². The van der Waals surface area contributed by atoms with E-state index in [2.05, 4.69) is 0 Å². The summed E-state index contributed by atoms with van der Waals surface area (Å²) in [5, 5.41) is 9.29. The Bertz CT molecular complexity index is 342. The summed E-state index contributed by atoms with van der Waals surface area (Å²) in [6.07, 6.45) is -0.634. The van der Waals surface area contributed by atoms with Gasteiger partial charge in [-0.3, -0.25) is 4.79 Å². The average Bonchev–Trinajstić information content (AvgIpc) is 2.32. The Kier molecular flexibility index (Phi) is 3.24. The van der Waals surface area contributed by atoms with Crippen molar-refractivity contribution in [3.63, 3.8) is 0 Å². The minimum atomic E-state index is -0.634. The van der Waals surface area contributed by atoms with Crippen molar-refractivity contribution in [2.24, 2.45) is 5.73 Å². The van der Waals surface area contributed by atoms with Gasteiger partial charge in [0, 0.05) is 17.1 Å². The van der Waals surface area contributed by atoms with Crippen molar-refractivity contribution in [3.05, 3.63) is 20.2 Å². The SMILES string of the molecule is Cc1sc(=O)n(C[C@H](O)CN)c1C. The van der Waals surface area contributed by atoms with E-state index in [0.717, 1.165) is 10.6 Å². The van der Waals surface area contributed by atoms with E-state index in [1.807, 2.05) is 13.8 Å². The molecule has 74 valence electrons. The largest absolute Gasteiger partial charge is 0.390 e. The van der Waals surface area contributed by atoms with Crippen molar-refractivity contribution in [2.75, 3.05) is 6.54 Å². The highest BCUT2D eigenvalue weighted by Crippen LogP contribution is 2.09. The molecule has 0 saturated heterocycles. The third-order valence-electron chi connectivity index (χ3n) is 2.04. The van der Waals surface area contributed by atoms with Crippen LogP contribution in [0.3, 0.4) is 0 Å². The van der Waals surface area contributed by atoms with Gasteiger partial charge >= 0.3 is 4.87 Å². The number of nitrogens with two attached hydrogens (primary N) is 1. The van der Waals surface area contributed by atoms with E-state index in [9.17, 15) is 9.90 Å². The smallest absolute Gasteiger partial charge is 0.307 e. The fraction of sp³-hybridized carbons (Fsp3) is 0.625. The molecule has 0 saturated carbocycles. The van der Waals surface area contributed by atoms with Gasteiger partial charge in [-0.1, -0.05) is 11.3 Å². The van der Waals surface area contributed by atoms with E-state index in [0.29, 0.717) is 6.54 Å². The van der Waals surface area contributed by atoms with Crippen molar-refractivity contribution < 1.29 is 5.11 Å². The molecule has 4 nitrogen and oxygen atoms in total. The summed E-state index contributed by atoms with van der Waals surface area (Å²) in [6, 6.07) is 0. The topological polar surface area (TPSA) is 68.2 Å². The molecule has 0 aliphatic rings. The van der Waals surface area contributed by atoms with Crippen molar-refractivity contribution in [2.45, 2.75) is 26.5 Å². The molecule has 1 aromatic heterocycles. The van der Waals surface area contributed by atoms with Gasteiger partial charge in [0.25, 0.3) is 0 Å². The summed E-state index contributed by atoms with van der Waals surface area (Å²) in [5.74, 6) is 0. The molecule has 3 N–H and O–H groups in total. The molecule has 1 heterocycles. The standard InChI is InChI=1S/C8H14N2O2S/c1-5-6(2)13-8(12)10(5)4-7(11)3-9/h7,11H,3-4,9H2,1-2H3/t7-/m1/s1. The third-order valence-corrected chi connectivity index (χ3v) is 3.04. The quantitative estimate of drug-likeness (QED) is 0.716. The number of hydrogen-bond acceptors (Lipinski definition) is 4. The molecule has 13 heavy (non-hydrogen) atoms. The average molecular weight is 202 g/mol. The van der Waals surface area contributed by atoms with E-state index < -0.39 is 6.10 Å². The lowest BCUT2D eigenvalue weighted by Crippen LogP contribution is -2.29. The number of rotatable bonds is 3. The van der Waals surface area contributed by atoms with Gasteiger partial charge in [-0.25, -0.2) is 0 Å². The number of aliphatic hydroxyl groups excluding tert-OH is 1. The maximum Gasteiger partial charge on any atom is 0.307 e. The predicted molar refractivity (Wildman–Crippen MR) is 53.1 cm³/mol. The van der Waals surface area contributed by atoms with Gasteiger partial charge < -0.3 is 15.4 Å². The molecule has 0 fully saturated rings. The highest BCUT2D eigenvalue weighted by Gasteiger charge is 2.10. The molecule has 0 spiro atoms. The zero-order valence-electron chi connectivity index (χ0n) is 7.78. The van der Waals surface area contributed by atoms with Gasteiger partial charge in [-0.15, -0.1) is 0 Å². The van der Waals surface area contributed by atoms with Crippen LogP contribution in [0.5, 0.6) is 0 Å². The van der Waals surface area contributed by atoms with Crippen LogP contribution in [-0.2, 0) is 6.54 Å². The molecule has 0 bridgehead atoms. The molecule has 1 atom stereocenters. The van der Waals surface area contributed by atoms with Crippen molar-refractivity contribution in [1.29, 1.82) is 0 Å². The molecule has 1 aromatic rings. The zero-order chi connectivity index (χ0) is 10.0. The van der Waals surface area contributed by atoms with Crippen LogP contribution >= 0.6 is 11.3 Å². The number of hydrogen-bond donors (Lipinski definition) is 2. The second kappa shape index (κ2) is 4.04. The van der Waals surface area contributed by atoms with Crippen LogP contribution in [0, 0.1) is 13.8 Å². The van der Waals surface area contributed by atoms with Crippen LogP contribution < -0.4 is 10.6 Å². The van der Waals surface area contributed by atoms with Crippen molar-refractivity contribution >= 4 is 11.3 Å². The first-order valence-corrected chi connectivity index (χ1v) is 4.93. The number of aliphatic hydroxyl groups is 1. The summed E-state index contributed by atoms with van der Waals surface area (Å²) in [4.78, 5) is 12.3.